The summed E-state index contributed by atoms with van der Waals surface area (Å²) in [5.74, 6) is -0.672. The standard InChI is InChI=1S/C8H4BrF3N2O2/c1-15-7-4(9)2-6(5(3-13)14-7)16-8(10,11)12/h2H,1H3. The van der Waals surface area contributed by atoms with E-state index in [1.807, 2.05) is 0 Å². The van der Waals surface area contributed by atoms with Crippen LogP contribution in [0.3, 0.4) is 0 Å². The Hall–Kier alpha value is -1.49. The van der Waals surface area contributed by atoms with Crippen molar-refractivity contribution in [2.45, 2.75) is 6.36 Å². The van der Waals surface area contributed by atoms with Gasteiger partial charge in [0.1, 0.15) is 6.07 Å². The van der Waals surface area contributed by atoms with Gasteiger partial charge in [0.05, 0.1) is 11.6 Å². The van der Waals surface area contributed by atoms with Gasteiger partial charge in [0.2, 0.25) is 5.88 Å². The van der Waals surface area contributed by atoms with E-state index in [0.29, 0.717) is 0 Å². The van der Waals surface area contributed by atoms with Crippen LogP contribution in [0.1, 0.15) is 5.69 Å². The van der Waals surface area contributed by atoms with Gasteiger partial charge < -0.3 is 9.47 Å². The van der Waals surface area contributed by atoms with Crippen LogP contribution in [0.5, 0.6) is 11.6 Å². The van der Waals surface area contributed by atoms with Crippen molar-refractivity contribution in [2.24, 2.45) is 0 Å². The van der Waals surface area contributed by atoms with E-state index in [1.54, 1.807) is 0 Å². The molecule has 0 unspecified atom stereocenters. The van der Waals surface area contributed by atoms with Gasteiger partial charge in [-0.3, -0.25) is 0 Å². The van der Waals surface area contributed by atoms with E-state index in [0.717, 1.165) is 6.07 Å². The first kappa shape index (κ1) is 12.6. The molecule has 86 valence electrons. The minimum absolute atomic E-state index is 0.00562. The lowest BCUT2D eigenvalue weighted by Crippen LogP contribution is -2.18. The molecule has 0 amide bonds. The summed E-state index contributed by atoms with van der Waals surface area (Å²) in [5.41, 5.74) is -0.502. The zero-order valence-electron chi connectivity index (χ0n) is 7.80. The van der Waals surface area contributed by atoms with Gasteiger partial charge in [-0.2, -0.15) is 10.2 Å². The molecule has 0 spiro atoms. The molecule has 16 heavy (non-hydrogen) atoms. The number of hydrogen-bond acceptors (Lipinski definition) is 4. The maximum absolute atomic E-state index is 12.0. The molecule has 8 heteroatoms. The molecular formula is C8H4BrF3N2O2. The van der Waals surface area contributed by atoms with E-state index in [-0.39, 0.29) is 10.4 Å². The Labute approximate surface area is 96.7 Å². The highest BCUT2D eigenvalue weighted by Gasteiger charge is 2.33. The molecule has 0 fully saturated rings. The molecule has 1 aromatic rings. The summed E-state index contributed by atoms with van der Waals surface area (Å²) in [5, 5.41) is 8.60. The normalized spacial score (nSPS) is 10.8. The highest BCUT2D eigenvalue weighted by atomic mass is 79.9. The third kappa shape index (κ3) is 3.00. The minimum atomic E-state index is -4.87. The Morgan fingerprint density at radius 2 is 2.12 bits per heavy atom. The average Bonchev–Trinajstić information content (AvgIpc) is 2.16. The van der Waals surface area contributed by atoms with Crippen LogP contribution in [0.15, 0.2) is 10.5 Å². The predicted molar refractivity (Wildman–Crippen MR) is 49.9 cm³/mol. The fourth-order valence-electron chi connectivity index (χ4n) is 0.881. The Kier molecular flexibility index (Phi) is 3.59. The molecule has 0 saturated carbocycles. The molecule has 0 radical (unpaired) electrons. The van der Waals surface area contributed by atoms with E-state index < -0.39 is 17.8 Å². The van der Waals surface area contributed by atoms with Crippen LogP contribution >= 0.6 is 15.9 Å². The maximum atomic E-state index is 12.0. The van der Waals surface area contributed by atoms with Gasteiger partial charge in [0.15, 0.2) is 11.4 Å². The van der Waals surface area contributed by atoms with E-state index in [4.69, 9.17) is 10.00 Å². The average molecular weight is 297 g/mol. The third-order valence-corrected chi connectivity index (χ3v) is 2.00. The zero-order valence-corrected chi connectivity index (χ0v) is 9.39. The molecule has 0 aliphatic carbocycles. The lowest BCUT2D eigenvalue weighted by Gasteiger charge is -2.11. The van der Waals surface area contributed by atoms with Crippen LogP contribution in [0, 0.1) is 11.3 Å². The zero-order chi connectivity index (χ0) is 12.3. The lowest BCUT2D eigenvalue weighted by molar-refractivity contribution is -0.274. The van der Waals surface area contributed by atoms with Crippen molar-refractivity contribution in [3.8, 4) is 17.7 Å². The van der Waals surface area contributed by atoms with Gasteiger partial charge in [-0.25, -0.2) is 0 Å². The van der Waals surface area contributed by atoms with Gasteiger partial charge in [0, 0.05) is 6.07 Å². The number of rotatable bonds is 2. The number of ether oxygens (including phenoxy) is 2. The third-order valence-electron chi connectivity index (χ3n) is 1.43. The predicted octanol–water partition coefficient (Wildman–Crippen LogP) is 2.62. The Morgan fingerprint density at radius 1 is 1.50 bits per heavy atom. The smallest absolute Gasteiger partial charge is 0.480 e. The van der Waals surface area contributed by atoms with Gasteiger partial charge in [-0.1, -0.05) is 0 Å². The van der Waals surface area contributed by atoms with Crippen LogP contribution < -0.4 is 9.47 Å². The quantitative estimate of drug-likeness (QED) is 0.842. The number of pyridine rings is 1. The Balaban J connectivity index is 3.20. The fourth-order valence-corrected chi connectivity index (χ4v) is 1.34. The molecule has 1 heterocycles. The van der Waals surface area contributed by atoms with Crippen LogP contribution in [0.2, 0.25) is 0 Å². The number of hydrogen-bond donors (Lipinski definition) is 0. The molecule has 1 aromatic heterocycles. The summed E-state index contributed by atoms with van der Waals surface area (Å²) in [6.45, 7) is 0. The highest BCUT2D eigenvalue weighted by molar-refractivity contribution is 9.10. The topological polar surface area (TPSA) is 55.1 Å². The number of nitriles is 1. The summed E-state index contributed by atoms with van der Waals surface area (Å²) >= 11 is 2.93. The number of alkyl halides is 3. The monoisotopic (exact) mass is 296 g/mol. The first-order valence-electron chi connectivity index (χ1n) is 3.77. The molecule has 4 nitrogen and oxygen atoms in total. The van der Waals surface area contributed by atoms with Crippen molar-refractivity contribution in [3.63, 3.8) is 0 Å². The highest BCUT2D eigenvalue weighted by Crippen LogP contribution is 2.32. The molecular weight excluding hydrogens is 293 g/mol. The molecule has 0 aromatic carbocycles. The Morgan fingerprint density at radius 3 is 2.56 bits per heavy atom. The molecule has 0 aliphatic rings. The molecule has 0 atom stereocenters. The number of methoxy groups -OCH3 is 1. The lowest BCUT2D eigenvalue weighted by atomic mass is 10.3. The van der Waals surface area contributed by atoms with E-state index in [2.05, 4.69) is 25.7 Å². The van der Waals surface area contributed by atoms with Crippen molar-refractivity contribution in [2.75, 3.05) is 7.11 Å². The fraction of sp³-hybridized carbons (Fsp3) is 0.250. The van der Waals surface area contributed by atoms with Crippen LogP contribution in [0.25, 0.3) is 0 Å². The summed E-state index contributed by atoms with van der Waals surface area (Å²) in [6.07, 6.45) is -4.87. The SMILES string of the molecule is COc1nc(C#N)c(OC(F)(F)F)cc1Br. The second kappa shape index (κ2) is 4.57. The van der Waals surface area contributed by atoms with E-state index >= 15 is 0 Å². The number of aromatic nitrogens is 1. The maximum Gasteiger partial charge on any atom is 0.573 e. The van der Waals surface area contributed by atoms with Crippen molar-refractivity contribution >= 4 is 15.9 Å². The first-order valence-corrected chi connectivity index (χ1v) is 4.57. The number of halogens is 4. The summed E-state index contributed by atoms with van der Waals surface area (Å²) in [7, 11) is 1.28. The van der Waals surface area contributed by atoms with Crippen LogP contribution in [-0.4, -0.2) is 18.5 Å². The van der Waals surface area contributed by atoms with Crippen LogP contribution in [-0.2, 0) is 0 Å². The van der Waals surface area contributed by atoms with Gasteiger partial charge >= 0.3 is 6.36 Å². The molecule has 0 N–H and O–H groups in total. The Bertz CT molecular complexity index is 442. The summed E-state index contributed by atoms with van der Waals surface area (Å²) in [6, 6.07) is 2.45. The summed E-state index contributed by atoms with van der Waals surface area (Å²) in [4.78, 5) is 3.54. The van der Waals surface area contributed by atoms with E-state index in [9.17, 15) is 13.2 Å². The second-order valence-electron chi connectivity index (χ2n) is 2.49. The molecule has 1 rings (SSSR count). The largest absolute Gasteiger partial charge is 0.573 e. The first-order chi connectivity index (χ1) is 7.37. The van der Waals surface area contributed by atoms with Gasteiger partial charge in [-0.05, 0) is 15.9 Å². The van der Waals surface area contributed by atoms with Crippen molar-refractivity contribution < 1.29 is 22.6 Å². The molecule has 0 aliphatic heterocycles. The van der Waals surface area contributed by atoms with Gasteiger partial charge in [0.25, 0.3) is 0 Å². The van der Waals surface area contributed by atoms with Crippen LogP contribution in [0.4, 0.5) is 13.2 Å². The van der Waals surface area contributed by atoms with Crippen molar-refractivity contribution in [3.05, 3.63) is 16.2 Å². The molecule has 0 saturated heterocycles. The second-order valence-corrected chi connectivity index (χ2v) is 3.34. The molecule has 0 bridgehead atoms. The number of nitrogens with zero attached hydrogens (tertiary/aromatic N) is 2. The summed E-state index contributed by atoms with van der Waals surface area (Å²) < 4.78 is 44.4. The van der Waals surface area contributed by atoms with Crippen molar-refractivity contribution in [1.82, 2.24) is 4.98 Å². The van der Waals surface area contributed by atoms with Crippen molar-refractivity contribution in [1.29, 1.82) is 5.26 Å². The van der Waals surface area contributed by atoms with Gasteiger partial charge in [-0.15, -0.1) is 13.2 Å². The van der Waals surface area contributed by atoms with E-state index in [1.165, 1.54) is 13.2 Å². The minimum Gasteiger partial charge on any atom is -0.480 e.